The van der Waals surface area contributed by atoms with Crippen molar-refractivity contribution in [1.82, 2.24) is 9.78 Å². The van der Waals surface area contributed by atoms with Crippen LogP contribution in [0.2, 0.25) is 0 Å². The molecule has 2 nitrogen and oxygen atoms in total. The fraction of sp³-hybridized carbons (Fsp3) is 0.348. The molecule has 0 fully saturated rings. The Hall–Kier alpha value is -2.56. The monoisotopic (exact) mass is 386 g/mol. The summed E-state index contributed by atoms with van der Waals surface area (Å²) >= 11 is 0. The van der Waals surface area contributed by atoms with Crippen molar-refractivity contribution in [3.63, 3.8) is 0 Å². The van der Waals surface area contributed by atoms with Gasteiger partial charge in [-0.25, -0.2) is 4.68 Å². The van der Waals surface area contributed by atoms with E-state index >= 15 is 0 Å². The minimum absolute atomic E-state index is 0.266. The molecule has 0 aliphatic heterocycles. The van der Waals surface area contributed by atoms with Crippen LogP contribution in [0.3, 0.4) is 0 Å². The van der Waals surface area contributed by atoms with Gasteiger partial charge >= 0.3 is 6.18 Å². The summed E-state index contributed by atoms with van der Waals surface area (Å²) < 4.78 is 40.5. The Labute approximate surface area is 164 Å². The first-order valence-electron chi connectivity index (χ1n) is 9.59. The summed E-state index contributed by atoms with van der Waals surface area (Å²) in [4.78, 5) is 0. The van der Waals surface area contributed by atoms with E-state index < -0.39 is 11.9 Å². The molecule has 0 bridgehead atoms. The molecule has 1 heterocycles. The minimum Gasteiger partial charge on any atom is -0.240 e. The number of nitrogens with zero attached hydrogens (tertiary/aromatic N) is 2. The Kier molecular flexibility index (Phi) is 5.64. The van der Waals surface area contributed by atoms with Crippen molar-refractivity contribution in [1.29, 1.82) is 0 Å². The molecule has 148 valence electrons. The second-order valence-corrected chi connectivity index (χ2v) is 7.23. The van der Waals surface area contributed by atoms with Gasteiger partial charge in [0.2, 0.25) is 0 Å². The molecular formula is C23H25F3N2. The number of aromatic nitrogens is 2. The van der Waals surface area contributed by atoms with Crippen LogP contribution in [0, 0.1) is 13.8 Å². The summed E-state index contributed by atoms with van der Waals surface area (Å²) in [6, 6.07) is 13.3. The van der Waals surface area contributed by atoms with Gasteiger partial charge in [-0.2, -0.15) is 18.3 Å². The second kappa shape index (κ2) is 7.82. The molecule has 28 heavy (non-hydrogen) atoms. The van der Waals surface area contributed by atoms with Crippen LogP contribution >= 0.6 is 0 Å². The summed E-state index contributed by atoms with van der Waals surface area (Å²) in [5, 5.41) is 3.82. The highest BCUT2D eigenvalue weighted by Gasteiger charge is 2.34. The zero-order chi connectivity index (χ0) is 20.5. The van der Waals surface area contributed by atoms with Gasteiger partial charge in [0.05, 0.1) is 5.69 Å². The molecule has 0 N–H and O–H groups in total. The lowest BCUT2D eigenvalue weighted by Gasteiger charge is -2.19. The summed E-state index contributed by atoms with van der Waals surface area (Å²) in [7, 11) is 0. The molecule has 0 saturated heterocycles. The smallest absolute Gasteiger partial charge is 0.240 e. The van der Waals surface area contributed by atoms with Crippen LogP contribution in [0.25, 0.3) is 16.8 Å². The van der Waals surface area contributed by atoms with Gasteiger partial charge < -0.3 is 0 Å². The van der Waals surface area contributed by atoms with Crippen molar-refractivity contribution >= 4 is 0 Å². The van der Waals surface area contributed by atoms with Crippen LogP contribution in [0.5, 0.6) is 0 Å². The van der Waals surface area contributed by atoms with E-state index in [0.717, 1.165) is 35.6 Å². The Bertz CT molecular complexity index is 966. The molecule has 0 unspecified atom stereocenters. The van der Waals surface area contributed by atoms with E-state index in [9.17, 15) is 13.2 Å². The van der Waals surface area contributed by atoms with E-state index in [1.54, 1.807) is 0 Å². The van der Waals surface area contributed by atoms with Crippen molar-refractivity contribution in [2.45, 2.75) is 52.6 Å². The van der Waals surface area contributed by atoms with Gasteiger partial charge in [0.15, 0.2) is 5.69 Å². The van der Waals surface area contributed by atoms with E-state index in [1.165, 1.54) is 22.0 Å². The van der Waals surface area contributed by atoms with Crippen LogP contribution in [-0.4, -0.2) is 9.78 Å². The topological polar surface area (TPSA) is 17.8 Å². The van der Waals surface area contributed by atoms with E-state index in [-0.39, 0.29) is 5.92 Å². The summed E-state index contributed by atoms with van der Waals surface area (Å²) in [6.07, 6.45) is -1.22. The molecule has 0 atom stereocenters. The number of hydrogen-bond donors (Lipinski definition) is 0. The highest BCUT2D eigenvalue weighted by molar-refractivity contribution is 5.68. The zero-order valence-electron chi connectivity index (χ0n) is 16.6. The van der Waals surface area contributed by atoms with Crippen LogP contribution in [0.4, 0.5) is 13.2 Å². The third-order valence-electron chi connectivity index (χ3n) is 5.42. The zero-order valence-corrected chi connectivity index (χ0v) is 16.6. The SMILES string of the molecule is CCC(CC)c1ccc(-c2ccc(C)c(C)c2)cc1-n1ccc(C(F)(F)F)n1. The maximum absolute atomic E-state index is 13.1. The van der Waals surface area contributed by atoms with Crippen LogP contribution in [-0.2, 0) is 6.18 Å². The van der Waals surface area contributed by atoms with E-state index in [2.05, 4.69) is 51.0 Å². The van der Waals surface area contributed by atoms with Gasteiger partial charge in [0, 0.05) is 6.20 Å². The van der Waals surface area contributed by atoms with E-state index in [1.807, 2.05) is 18.2 Å². The number of aryl methyl sites for hydroxylation is 2. The fourth-order valence-electron chi connectivity index (χ4n) is 3.53. The number of benzene rings is 2. The largest absolute Gasteiger partial charge is 0.435 e. The molecule has 0 spiro atoms. The molecular weight excluding hydrogens is 361 g/mol. The maximum Gasteiger partial charge on any atom is 0.435 e. The lowest BCUT2D eigenvalue weighted by atomic mass is 9.90. The van der Waals surface area contributed by atoms with Crippen LogP contribution in [0.1, 0.15) is 55.0 Å². The predicted octanol–water partition coefficient (Wildman–Crippen LogP) is 7.08. The predicted molar refractivity (Wildman–Crippen MR) is 107 cm³/mol. The number of halogens is 3. The number of rotatable bonds is 5. The first kappa shape index (κ1) is 20.2. The van der Waals surface area contributed by atoms with E-state index in [4.69, 9.17) is 0 Å². The molecule has 3 aromatic rings. The molecule has 5 heteroatoms. The first-order chi connectivity index (χ1) is 13.2. The lowest BCUT2D eigenvalue weighted by molar-refractivity contribution is -0.141. The Balaban J connectivity index is 2.15. The normalized spacial score (nSPS) is 12.0. The summed E-state index contributed by atoms with van der Waals surface area (Å²) in [5.41, 5.74) is 5.26. The van der Waals surface area contributed by atoms with Gasteiger partial charge in [-0.05, 0) is 72.6 Å². The van der Waals surface area contributed by atoms with Crippen molar-refractivity contribution in [2.75, 3.05) is 0 Å². The first-order valence-corrected chi connectivity index (χ1v) is 9.59. The quantitative estimate of drug-likeness (QED) is 0.458. The standard InChI is InChI=1S/C23H25F3N2/c1-5-17(6-2)20-10-9-19(18-8-7-15(3)16(4)13-18)14-21(20)28-12-11-22(27-28)23(24,25)26/h7-14,17H,5-6H2,1-4H3. The van der Waals surface area contributed by atoms with Crippen LogP contribution in [0.15, 0.2) is 48.7 Å². The maximum atomic E-state index is 13.1. The molecule has 3 rings (SSSR count). The highest BCUT2D eigenvalue weighted by Crippen LogP contribution is 2.34. The average molecular weight is 386 g/mol. The fourth-order valence-corrected chi connectivity index (χ4v) is 3.53. The van der Waals surface area contributed by atoms with E-state index in [0.29, 0.717) is 5.69 Å². The third kappa shape index (κ3) is 3.98. The van der Waals surface area contributed by atoms with Gasteiger partial charge in [-0.15, -0.1) is 0 Å². The molecule has 0 saturated carbocycles. The number of alkyl halides is 3. The van der Waals surface area contributed by atoms with Gasteiger partial charge in [-0.3, -0.25) is 0 Å². The molecule has 1 aromatic heterocycles. The molecule has 0 aliphatic carbocycles. The van der Waals surface area contributed by atoms with Crippen molar-refractivity contribution < 1.29 is 13.2 Å². The second-order valence-electron chi connectivity index (χ2n) is 7.23. The molecule has 2 aromatic carbocycles. The lowest BCUT2D eigenvalue weighted by Crippen LogP contribution is -2.09. The minimum atomic E-state index is -4.45. The number of hydrogen-bond acceptors (Lipinski definition) is 1. The Morgan fingerprint density at radius 3 is 2.11 bits per heavy atom. The summed E-state index contributed by atoms with van der Waals surface area (Å²) in [6.45, 7) is 8.31. The van der Waals surface area contributed by atoms with Crippen LogP contribution < -0.4 is 0 Å². The highest BCUT2D eigenvalue weighted by atomic mass is 19.4. The van der Waals surface area contributed by atoms with Crippen molar-refractivity contribution in [3.05, 3.63) is 71.0 Å². The average Bonchev–Trinajstić information content (AvgIpc) is 3.16. The van der Waals surface area contributed by atoms with Gasteiger partial charge in [0.1, 0.15) is 0 Å². The van der Waals surface area contributed by atoms with Gasteiger partial charge in [0.25, 0.3) is 0 Å². The third-order valence-corrected chi connectivity index (χ3v) is 5.42. The molecule has 0 amide bonds. The van der Waals surface area contributed by atoms with Gasteiger partial charge in [-0.1, -0.05) is 44.2 Å². The molecule has 0 aliphatic rings. The van der Waals surface area contributed by atoms with Crippen molar-refractivity contribution in [3.8, 4) is 16.8 Å². The summed E-state index contributed by atoms with van der Waals surface area (Å²) in [5.74, 6) is 0.266. The Morgan fingerprint density at radius 1 is 0.893 bits per heavy atom. The van der Waals surface area contributed by atoms with Crippen molar-refractivity contribution in [2.24, 2.45) is 0 Å². The Morgan fingerprint density at radius 2 is 1.54 bits per heavy atom. The molecule has 0 radical (unpaired) electrons.